The molecule has 1 saturated carbocycles. The second-order valence-electron chi connectivity index (χ2n) is 9.13. The number of allylic oxidation sites excluding steroid dienone is 3. The molecule has 5 nitrogen and oxygen atoms in total. The van der Waals surface area contributed by atoms with Crippen molar-refractivity contribution >= 4 is 11.8 Å². The van der Waals surface area contributed by atoms with E-state index in [0.29, 0.717) is 43.5 Å². The summed E-state index contributed by atoms with van der Waals surface area (Å²) in [7, 11) is 0. The summed E-state index contributed by atoms with van der Waals surface area (Å²) in [6, 6.07) is 6.02. The van der Waals surface area contributed by atoms with Crippen molar-refractivity contribution in [3.05, 3.63) is 58.4 Å². The molecule has 2 amide bonds. The normalized spacial score (nSPS) is 22.0. The van der Waals surface area contributed by atoms with E-state index in [4.69, 9.17) is 4.74 Å². The Hall–Kier alpha value is -2.56. The van der Waals surface area contributed by atoms with Gasteiger partial charge in [-0.1, -0.05) is 17.7 Å². The predicted molar refractivity (Wildman–Crippen MR) is 117 cm³/mol. The van der Waals surface area contributed by atoms with Gasteiger partial charge in [-0.05, 0) is 74.8 Å². The minimum Gasteiger partial charge on any atom is -0.497 e. The van der Waals surface area contributed by atoms with Gasteiger partial charge in [0, 0.05) is 36.9 Å². The molecule has 2 unspecified atom stereocenters. The topological polar surface area (TPSA) is 67.4 Å². The Morgan fingerprint density at radius 1 is 1.17 bits per heavy atom. The lowest BCUT2D eigenvalue weighted by molar-refractivity contribution is -0.121. The molecule has 2 aliphatic carbocycles. The van der Waals surface area contributed by atoms with E-state index in [-0.39, 0.29) is 17.7 Å². The van der Waals surface area contributed by atoms with Crippen LogP contribution in [0.25, 0.3) is 0 Å². The van der Waals surface area contributed by atoms with Crippen molar-refractivity contribution in [1.29, 1.82) is 0 Å². The molecule has 160 valence electrons. The van der Waals surface area contributed by atoms with Crippen molar-refractivity contribution in [2.24, 2.45) is 11.8 Å². The molecule has 2 atom stereocenters. The van der Waals surface area contributed by atoms with Gasteiger partial charge in [0.2, 0.25) is 5.91 Å². The third kappa shape index (κ3) is 5.13. The van der Waals surface area contributed by atoms with Gasteiger partial charge in [-0.25, -0.2) is 0 Å². The van der Waals surface area contributed by atoms with E-state index in [2.05, 4.69) is 22.8 Å². The van der Waals surface area contributed by atoms with Gasteiger partial charge in [-0.2, -0.15) is 0 Å². The van der Waals surface area contributed by atoms with Crippen molar-refractivity contribution in [2.45, 2.75) is 51.9 Å². The summed E-state index contributed by atoms with van der Waals surface area (Å²) in [5.74, 6) is 2.32. The minimum absolute atomic E-state index is 0.0405. The van der Waals surface area contributed by atoms with Gasteiger partial charge in [0.05, 0.1) is 12.4 Å². The fourth-order valence-electron chi connectivity index (χ4n) is 4.29. The molecule has 3 aliphatic rings. The first kappa shape index (κ1) is 20.7. The van der Waals surface area contributed by atoms with Gasteiger partial charge < -0.3 is 15.4 Å². The lowest BCUT2D eigenvalue weighted by Gasteiger charge is -2.35. The summed E-state index contributed by atoms with van der Waals surface area (Å²) < 4.78 is 6.05. The number of fused-ring (bicyclic) bond motifs is 3. The number of hydrogen-bond donors (Lipinski definition) is 2. The summed E-state index contributed by atoms with van der Waals surface area (Å²) in [4.78, 5) is 24.5. The molecular weight excluding hydrogens is 376 g/mol. The fraction of sp³-hybridized carbons (Fsp3) is 0.520. The Morgan fingerprint density at radius 2 is 2.00 bits per heavy atom. The van der Waals surface area contributed by atoms with Gasteiger partial charge in [0.15, 0.2) is 0 Å². The maximum absolute atomic E-state index is 12.5. The number of benzene rings is 1. The largest absolute Gasteiger partial charge is 0.497 e. The number of carbonyl (C=O) groups is 2. The van der Waals surface area contributed by atoms with Crippen LogP contribution in [-0.4, -0.2) is 31.5 Å². The molecule has 1 aliphatic heterocycles. The molecule has 0 aromatic heterocycles. The Balaban J connectivity index is 1.38. The van der Waals surface area contributed by atoms with Crippen LogP contribution < -0.4 is 10.6 Å². The van der Waals surface area contributed by atoms with Crippen LogP contribution in [-0.2, 0) is 16.0 Å². The molecule has 1 aromatic rings. The Kier molecular flexibility index (Phi) is 6.26. The number of nitrogens with one attached hydrogen (secondary N) is 2. The molecule has 1 heterocycles. The molecule has 5 heteroatoms. The maximum Gasteiger partial charge on any atom is 0.251 e. The van der Waals surface area contributed by atoms with Crippen LogP contribution in [0, 0.1) is 11.8 Å². The van der Waals surface area contributed by atoms with E-state index in [9.17, 15) is 9.59 Å². The van der Waals surface area contributed by atoms with Crippen molar-refractivity contribution in [3.63, 3.8) is 0 Å². The van der Waals surface area contributed by atoms with Gasteiger partial charge in [-0.15, -0.1) is 0 Å². The highest BCUT2D eigenvalue weighted by molar-refractivity contribution is 5.94. The van der Waals surface area contributed by atoms with Crippen molar-refractivity contribution < 1.29 is 14.3 Å². The average molecular weight is 409 g/mol. The van der Waals surface area contributed by atoms with E-state index in [1.165, 1.54) is 29.5 Å². The molecule has 2 N–H and O–H groups in total. The van der Waals surface area contributed by atoms with Crippen molar-refractivity contribution in [2.75, 3.05) is 19.7 Å². The smallest absolute Gasteiger partial charge is 0.251 e. The Morgan fingerprint density at radius 3 is 2.77 bits per heavy atom. The second kappa shape index (κ2) is 9.07. The lowest BCUT2D eigenvalue weighted by Crippen LogP contribution is -2.35. The lowest BCUT2D eigenvalue weighted by atomic mass is 9.79. The van der Waals surface area contributed by atoms with Gasteiger partial charge in [0.1, 0.15) is 0 Å². The zero-order chi connectivity index (χ0) is 21.1. The molecule has 1 saturated heterocycles. The van der Waals surface area contributed by atoms with E-state index in [0.717, 1.165) is 18.6 Å². The van der Waals surface area contributed by atoms with E-state index in [1.54, 1.807) is 0 Å². The second-order valence-corrected chi connectivity index (χ2v) is 9.13. The van der Waals surface area contributed by atoms with Crippen LogP contribution in [0.4, 0.5) is 0 Å². The quantitative estimate of drug-likeness (QED) is 0.673. The summed E-state index contributed by atoms with van der Waals surface area (Å²) in [5.41, 5.74) is 4.34. The minimum atomic E-state index is -0.0405. The monoisotopic (exact) mass is 408 g/mol. The molecule has 1 aromatic carbocycles. The van der Waals surface area contributed by atoms with E-state index in [1.807, 2.05) is 32.1 Å². The summed E-state index contributed by atoms with van der Waals surface area (Å²) in [6.07, 6.45) is 8.98. The van der Waals surface area contributed by atoms with Crippen LogP contribution in [0.3, 0.4) is 0 Å². The first-order valence-corrected chi connectivity index (χ1v) is 11.1. The molecule has 0 spiro atoms. The fourth-order valence-corrected chi connectivity index (χ4v) is 4.29. The molecule has 0 radical (unpaired) electrons. The third-order valence-electron chi connectivity index (χ3n) is 6.23. The summed E-state index contributed by atoms with van der Waals surface area (Å²) in [6.45, 7) is 5.93. The van der Waals surface area contributed by atoms with Gasteiger partial charge in [-0.3, -0.25) is 9.59 Å². The number of hydrogen-bond acceptors (Lipinski definition) is 3. The molecule has 30 heavy (non-hydrogen) atoms. The maximum atomic E-state index is 12.5. The van der Waals surface area contributed by atoms with Crippen molar-refractivity contribution in [3.8, 4) is 0 Å². The number of amides is 2. The highest BCUT2D eigenvalue weighted by Gasteiger charge is 2.33. The molecule has 2 fully saturated rings. The average Bonchev–Trinajstić information content (AvgIpc) is 3.55. The zero-order valence-electron chi connectivity index (χ0n) is 18.0. The van der Waals surface area contributed by atoms with Crippen LogP contribution in [0.15, 0.2) is 41.7 Å². The molecule has 0 bridgehead atoms. The highest BCUT2D eigenvalue weighted by atomic mass is 16.5. The summed E-state index contributed by atoms with van der Waals surface area (Å²) >= 11 is 0. The number of ether oxygens (including phenoxy) is 1. The van der Waals surface area contributed by atoms with Crippen LogP contribution in [0.2, 0.25) is 0 Å². The van der Waals surface area contributed by atoms with Gasteiger partial charge in [0.25, 0.3) is 5.91 Å². The van der Waals surface area contributed by atoms with E-state index >= 15 is 0 Å². The summed E-state index contributed by atoms with van der Waals surface area (Å²) in [5, 5.41) is 6.05. The number of carbonyl (C=O) groups excluding carboxylic acids is 2. The standard InChI is InChI=1S/C25H32N2O3/c1-16(2)9-10-26-25(29)20-5-7-21-19(13-20)6-8-23-22(21)11-18(15-30-23)14-27-24(28)12-17-3-4-17/h5,7-9,13,17-18,22H,3-4,6,10-12,14-15H2,1-2H3,(H,26,29)(H,27,28). The Bertz CT molecular complexity index is 878. The van der Waals surface area contributed by atoms with Crippen LogP contribution in [0.5, 0.6) is 0 Å². The Labute approximate surface area is 179 Å². The molecular formula is C25H32N2O3. The van der Waals surface area contributed by atoms with Gasteiger partial charge >= 0.3 is 0 Å². The van der Waals surface area contributed by atoms with Crippen LogP contribution >= 0.6 is 0 Å². The van der Waals surface area contributed by atoms with Crippen molar-refractivity contribution in [1.82, 2.24) is 10.6 Å². The first-order chi connectivity index (χ1) is 14.5. The first-order valence-electron chi connectivity index (χ1n) is 11.1. The SMILES string of the molecule is CC(C)=CCNC(=O)c1ccc2c(c1)CC=C1OCC(CNC(=O)CC3CC3)CC12. The zero-order valence-corrected chi connectivity index (χ0v) is 18.0. The third-order valence-corrected chi connectivity index (χ3v) is 6.23. The number of rotatable bonds is 7. The highest BCUT2D eigenvalue weighted by Crippen LogP contribution is 2.41. The molecule has 4 rings (SSSR count). The van der Waals surface area contributed by atoms with Crippen LogP contribution in [0.1, 0.15) is 66.9 Å². The predicted octanol–water partition coefficient (Wildman–Crippen LogP) is 3.86. The van der Waals surface area contributed by atoms with E-state index < -0.39 is 0 Å².